The summed E-state index contributed by atoms with van der Waals surface area (Å²) in [4.78, 5) is -0.105. The van der Waals surface area contributed by atoms with Gasteiger partial charge in [-0.2, -0.15) is 0 Å². The van der Waals surface area contributed by atoms with Gasteiger partial charge in [0.2, 0.25) is 0 Å². The zero-order valence-corrected chi connectivity index (χ0v) is 10.9. The molecule has 0 amide bonds. The fraction of sp³-hybridized carbons (Fsp3) is 0.400. The van der Waals surface area contributed by atoms with E-state index in [1.165, 1.54) is 0 Å². The lowest BCUT2D eigenvalue weighted by atomic mass is 9.87. The predicted molar refractivity (Wildman–Crippen MR) is 62.3 cm³/mol. The lowest BCUT2D eigenvalue weighted by Crippen LogP contribution is -2.29. The molecule has 3 unspecified atom stereocenters. The molecule has 2 N–H and O–H groups in total. The normalized spacial score (nSPS) is 30.1. The van der Waals surface area contributed by atoms with Gasteiger partial charge in [-0.05, 0) is 18.1 Å². The number of alkyl halides is 2. The van der Waals surface area contributed by atoms with Crippen molar-refractivity contribution in [3.05, 3.63) is 34.9 Å². The van der Waals surface area contributed by atoms with Crippen LogP contribution in [0.5, 0.6) is 0 Å². The van der Waals surface area contributed by atoms with Gasteiger partial charge in [0.25, 0.3) is 0 Å². The molecule has 0 heterocycles. The molecule has 3 atom stereocenters. The van der Waals surface area contributed by atoms with Crippen LogP contribution >= 0.6 is 31.9 Å². The van der Waals surface area contributed by atoms with E-state index >= 15 is 0 Å². The predicted octanol–water partition coefficient (Wildman–Crippen LogP) is 3.57. The van der Waals surface area contributed by atoms with Crippen molar-refractivity contribution in [3.8, 4) is 0 Å². The quantitative estimate of drug-likeness (QED) is 0.718. The SMILES string of the molecule is NC1c2ccc(F)c(F)c2C(Br)CC1Br. The third-order valence-electron chi connectivity index (χ3n) is 2.66. The van der Waals surface area contributed by atoms with Gasteiger partial charge in [0.15, 0.2) is 11.6 Å². The van der Waals surface area contributed by atoms with Gasteiger partial charge in [-0.3, -0.25) is 0 Å². The first-order valence-electron chi connectivity index (χ1n) is 4.54. The second-order valence-electron chi connectivity index (χ2n) is 3.61. The first kappa shape index (κ1) is 11.5. The van der Waals surface area contributed by atoms with E-state index in [1.54, 1.807) is 6.07 Å². The van der Waals surface area contributed by atoms with Crippen molar-refractivity contribution in [2.45, 2.75) is 22.1 Å². The average molecular weight is 341 g/mol. The van der Waals surface area contributed by atoms with E-state index in [2.05, 4.69) is 31.9 Å². The van der Waals surface area contributed by atoms with E-state index in [-0.39, 0.29) is 15.7 Å². The van der Waals surface area contributed by atoms with Gasteiger partial charge in [0.1, 0.15) is 0 Å². The van der Waals surface area contributed by atoms with Gasteiger partial charge in [-0.15, -0.1) is 0 Å². The summed E-state index contributed by atoms with van der Waals surface area (Å²) in [6.45, 7) is 0. The molecule has 2 rings (SSSR count). The first-order chi connectivity index (χ1) is 7.02. The molecule has 1 aromatic carbocycles. The minimum Gasteiger partial charge on any atom is -0.323 e. The highest BCUT2D eigenvalue weighted by Gasteiger charge is 2.33. The van der Waals surface area contributed by atoms with Crippen molar-refractivity contribution in [2.75, 3.05) is 0 Å². The van der Waals surface area contributed by atoms with Crippen LogP contribution in [0.1, 0.15) is 28.4 Å². The molecule has 0 saturated carbocycles. The minimum atomic E-state index is -0.821. The summed E-state index contributed by atoms with van der Waals surface area (Å²) in [7, 11) is 0. The number of hydrogen-bond donors (Lipinski definition) is 1. The van der Waals surface area contributed by atoms with Crippen LogP contribution in [0.4, 0.5) is 8.78 Å². The van der Waals surface area contributed by atoms with Crippen LogP contribution in [0, 0.1) is 11.6 Å². The Bertz CT molecular complexity index is 397. The molecule has 0 fully saturated rings. The van der Waals surface area contributed by atoms with Gasteiger partial charge < -0.3 is 5.73 Å². The van der Waals surface area contributed by atoms with Gasteiger partial charge in [0.05, 0.1) is 0 Å². The van der Waals surface area contributed by atoms with Crippen LogP contribution < -0.4 is 5.73 Å². The summed E-state index contributed by atoms with van der Waals surface area (Å²) in [6, 6.07) is 2.39. The zero-order valence-electron chi connectivity index (χ0n) is 7.68. The second-order valence-corrected chi connectivity index (χ2v) is 5.89. The van der Waals surface area contributed by atoms with Crippen molar-refractivity contribution in [2.24, 2.45) is 5.73 Å². The Morgan fingerprint density at radius 3 is 2.60 bits per heavy atom. The molecule has 0 spiro atoms. The van der Waals surface area contributed by atoms with Gasteiger partial charge in [0, 0.05) is 21.3 Å². The maximum atomic E-state index is 13.6. The highest BCUT2D eigenvalue weighted by atomic mass is 79.9. The molecule has 5 heteroatoms. The maximum absolute atomic E-state index is 13.6. The van der Waals surface area contributed by atoms with E-state index in [0.717, 1.165) is 6.07 Å². The summed E-state index contributed by atoms with van der Waals surface area (Å²) in [6.07, 6.45) is 0.647. The lowest BCUT2D eigenvalue weighted by Gasteiger charge is -2.30. The van der Waals surface area contributed by atoms with Crippen molar-refractivity contribution in [1.29, 1.82) is 0 Å². The molecule has 82 valence electrons. The topological polar surface area (TPSA) is 26.0 Å². The van der Waals surface area contributed by atoms with E-state index in [0.29, 0.717) is 17.5 Å². The Balaban J connectivity index is 2.60. The third kappa shape index (κ3) is 1.85. The summed E-state index contributed by atoms with van der Waals surface area (Å²) < 4.78 is 26.6. The molecule has 1 aliphatic rings. The third-order valence-corrected chi connectivity index (χ3v) is 4.44. The highest BCUT2D eigenvalue weighted by Crippen LogP contribution is 2.44. The summed E-state index contributed by atoms with van der Waals surface area (Å²) in [5, 5.41) is 0. The van der Waals surface area contributed by atoms with Crippen LogP contribution in [0.2, 0.25) is 0 Å². The molecule has 0 saturated heterocycles. The molecule has 0 radical (unpaired) electrons. The molecule has 15 heavy (non-hydrogen) atoms. The van der Waals surface area contributed by atoms with E-state index in [9.17, 15) is 8.78 Å². The Hall–Kier alpha value is -0.000000000000000111. The molecule has 1 nitrogen and oxygen atoms in total. The first-order valence-corrected chi connectivity index (χ1v) is 6.37. The van der Waals surface area contributed by atoms with E-state index in [1.807, 2.05) is 0 Å². The highest BCUT2D eigenvalue weighted by molar-refractivity contribution is 9.10. The Morgan fingerprint density at radius 1 is 1.27 bits per heavy atom. The molecule has 0 bridgehead atoms. The molecule has 0 aliphatic heterocycles. The van der Waals surface area contributed by atoms with Crippen LogP contribution in [-0.4, -0.2) is 4.83 Å². The summed E-state index contributed by atoms with van der Waals surface area (Å²) in [5.41, 5.74) is 6.94. The molecular formula is C10H9Br2F2N. The fourth-order valence-electron chi connectivity index (χ4n) is 1.85. The lowest BCUT2D eigenvalue weighted by molar-refractivity contribution is 0.478. The number of nitrogens with two attached hydrogens (primary N) is 1. The molecule has 0 aromatic heterocycles. The molecular weight excluding hydrogens is 332 g/mol. The maximum Gasteiger partial charge on any atom is 0.163 e. The monoisotopic (exact) mass is 339 g/mol. The number of rotatable bonds is 0. The summed E-state index contributed by atoms with van der Waals surface area (Å²) >= 11 is 6.78. The standard InChI is InChI=1S/C10H9Br2F2N/c11-5-3-6(12)10(15)4-1-2-7(13)9(14)8(4)5/h1-2,5-6,10H,3,15H2. The Morgan fingerprint density at radius 2 is 1.93 bits per heavy atom. The smallest absolute Gasteiger partial charge is 0.163 e. The Kier molecular flexibility index (Phi) is 3.14. The largest absolute Gasteiger partial charge is 0.323 e. The van der Waals surface area contributed by atoms with Crippen molar-refractivity contribution in [3.63, 3.8) is 0 Å². The van der Waals surface area contributed by atoms with Crippen molar-refractivity contribution >= 4 is 31.9 Å². The van der Waals surface area contributed by atoms with Crippen LogP contribution in [0.25, 0.3) is 0 Å². The van der Waals surface area contributed by atoms with Crippen molar-refractivity contribution < 1.29 is 8.78 Å². The number of halogens is 4. The van der Waals surface area contributed by atoms with E-state index in [4.69, 9.17) is 5.73 Å². The number of hydrogen-bond acceptors (Lipinski definition) is 1. The van der Waals surface area contributed by atoms with E-state index < -0.39 is 11.6 Å². The minimum absolute atomic E-state index is 0.0826. The fourth-order valence-corrected chi connectivity index (χ4v) is 3.88. The Labute approximate surface area is 103 Å². The zero-order chi connectivity index (χ0) is 11.2. The van der Waals surface area contributed by atoms with Crippen molar-refractivity contribution in [1.82, 2.24) is 0 Å². The van der Waals surface area contributed by atoms with Crippen LogP contribution in [0.15, 0.2) is 12.1 Å². The number of benzene rings is 1. The summed E-state index contributed by atoms with van der Waals surface area (Å²) in [5.74, 6) is -1.61. The van der Waals surface area contributed by atoms with Gasteiger partial charge in [-0.1, -0.05) is 37.9 Å². The van der Waals surface area contributed by atoms with Gasteiger partial charge >= 0.3 is 0 Å². The van der Waals surface area contributed by atoms with Crippen LogP contribution in [0.3, 0.4) is 0 Å². The molecule has 1 aliphatic carbocycles. The van der Waals surface area contributed by atoms with Crippen LogP contribution in [-0.2, 0) is 0 Å². The molecule has 1 aromatic rings. The average Bonchev–Trinajstić information content (AvgIpc) is 2.18. The number of fused-ring (bicyclic) bond motifs is 1. The second kappa shape index (κ2) is 4.11. The van der Waals surface area contributed by atoms with Gasteiger partial charge in [-0.25, -0.2) is 8.78 Å².